The number of aryl methyl sites for hydroxylation is 3. The second kappa shape index (κ2) is 8.29. The largest absolute Gasteiger partial charge is 0.481 e. The molecule has 0 spiro atoms. The minimum atomic E-state index is -0.900. The molecule has 2 aromatic rings. The topological polar surface area (TPSA) is 84.2 Å². The Hall–Kier alpha value is -2.63. The number of carbonyl (C=O) groups excluding carboxylic acids is 1. The van der Waals surface area contributed by atoms with E-state index in [-0.39, 0.29) is 12.5 Å². The lowest BCUT2D eigenvalue weighted by Crippen LogP contribution is -2.34. The van der Waals surface area contributed by atoms with Gasteiger partial charge >= 0.3 is 5.97 Å². The van der Waals surface area contributed by atoms with Gasteiger partial charge in [0.1, 0.15) is 0 Å². The van der Waals surface area contributed by atoms with Crippen LogP contribution in [0.1, 0.15) is 23.2 Å². The van der Waals surface area contributed by atoms with Gasteiger partial charge in [-0.25, -0.2) is 0 Å². The van der Waals surface area contributed by atoms with Crippen LogP contribution in [0, 0.1) is 12.8 Å². The average molecular weight is 329 g/mol. The summed E-state index contributed by atoms with van der Waals surface area (Å²) in [6, 6.07) is 9.63. The number of aromatic nitrogens is 2. The average Bonchev–Trinajstić information content (AvgIpc) is 2.94. The Balaban J connectivity index is 1.83. The van der Waals surface area contributed by atoms with Gasteiger partial charge in [-0.3, -0.25) is 14.3 Å². The van der Waals surface area contributed by atoms with Crippen LogP contribution in [0.5, 0.6) is 0 Å². The number of carboxylic acid groups (broad SMARTS) is 1. The van der Waals surface area contributed by atoms with Gasteiger partial charge in [0.05, 0.1) is 5.92 Å². The van der Waals surface area contributed by atoms with Crippen LogP contribution in [0.15, 0.2) is 36.5 Å². The van der Waals surface area contributed by atoms with E-state index >= 15 is 0 Å². The van der Waals surface area contributed by atoms with Crippen LogP contribution < -0.4 is 5.32 Å². The lowest BCUT2D eigenvalue weighted by Gasteiger charge is -2.14. The zero-order chi connectivity index (χ0) is 17.5. The number of rotatable bonds is 8. The molecule has 1 aromatic heterocycles. The van der Waals surface area contributed by atoms with Gasteiger partial charge in [-0.2, -0.15) is 5.10 Å². The summed E-state index contributed by atoms with van der Waals surface area (Å²) in [5.74, 6) is -1.68. The maximum Gasteiger partial charge on any atom is 0.308 e. The van der Waals surface area contributed by atoms with Gasteiger partial charge in [0.2, 0.25) is 5.91 Å². The van der Waals surface area contributed by atoms with Crippen LogP contribution in [0.4, 0.5) is 0 Å². The number of nitrogens with zero attached hydrogens (tertiary/aromatic N) is 2. The highest BCUT2D eigenvalue weighted by Gasteiger charge is 2.19. The number of hydrogen-bond donors (Lipinski definition) is 2. The molecule has 0 fully saturated rings. The number of hydrogen-bond acceptors (Lipinski definition) is 3. The van der Waals surface area contributed by atoms with E-state index in [0.717, 1.165) is 16.8 Å². The first-order chi connectivity index (χ1) is 11.5. The van der Waals surface area contributed by atoms with Crippen molar-refractivity contribution in [3.8, 4) is 0 Å². The highest BCUT2D eigenvalue weighted by atomic mass is 16.4. The normalized spacial score (nSPS) is 11.9. The lowest BCUT2D eigenvalue weighted by molar-refractivity contribution is -0.141. The van der Waals surface area contributed by atoms with E-state index in [1.807, 2.05) is 44.3 Å². The van der Waals surface area contributed by atoms with E-state index in [9.17, 15) is 14.7 Å². The van der Waals surface area contributed by atoms with E-state index in [4.69, 9.17) is 0 Å². The number of carbonyl (C=O) groups is 2. The van der Waals surface area contributed by atoms with Crippen LogP contribution >= 0.6 is 0 Å². The van der Waals surface area contributed by atoms with Gasteiger partial charge < -0.3 is 10.4 Å². The molecule has 24 heavy (non-hydrogen) atoms. The maximum atomic E-state index is 11.9. The van der Waals surface area contributed by atoms with E-state index in [0.29, 0.717) is 19.3 Å². The van der Waals surface area contributed by atoms with Crippen molar-refractivity contribution in [3.05, 3.63) is 53.3 Å². The van der Waals surface area contributed by atoms with Crippen molar-refractivity contribution < 1.29 is 14.7 Å². The highest BCUT2D eigenvalue weighted by molar-refractivity contribution is 5.77. The predicted molar refractivity (Wildman–Crippen MR) is 90.5 cm³/mol. The lowest BCUT2D eigenvalue weighted by atomic mass is 9.98. The van der Waals surface area contributed by atoms with E-state index in [1.165, 1.54) is 0 Å². The third kappa shape index (κ3) is 5.22. The number of aliphatic carboxylic acids is 1. The minimum absolute atomic E-state index is 0.132. The van der Waals surface area contributed by atoms with Crippen molar-refractivity contribution in [1.29, 1.82) is 0 Å². The maximum absolute atomic E-state index is 11.9. The smallest absolute Gasteiger partial charge is 0.308 e. The van der Waals surface area contributed by atoms with E-state index in [1.54, 1.807) is 10.9 Å². The third-order valence-electron chi connectivity index (χ3n) is 3.99. The van der Waals surface area contributed by atoms with Gasteiger partial charge in [-0.15, -0.1) is 0 Å². The molecule has 0 aliphatic rings. The van der Waals surface area contributed by atoms with Crippen molar-refractivity contribution in [2.24, 2.45) is 13.0 Å². The number of benzene rings is 1. The summed E-state index contributed by atoms with van der Waals surface area (Å²) in [5.41, 5.74) is 3.03. The Labute approximate surface area is 141 Å². The van der Waals surface area contributed by atoms with Crippen molar-refractivity contribution >= 4 is 11.9 Å². The molecule has 0 aliphatic heterocycles. The van der Waals surface area contributed by atoms with Crippen molar-refractivity contribution in [1.82, 2.24) is 15.1 Å². The van der Waals surface area contributed by atoms with Gasteiger partial charge in [-0.05, 0) is 31.4 Å². The van der Waals surface area contributed by atoms with Crippen LogP contribution in [0.3, 0.4) is 0 Å². The fourth-order valence-corrected chi connectivity index (χ4v) is 2.58. The molecule has 1 unspecified atom stereocenters. The molecule has 1 heterocycles. The molecule has 128 valence electrons. The monoisotopic (exact) mass is 329 g/mol. The fourth-order valence-electron chi connectivity index (χ4n) is 2.58. The SMILES string of the molecule is Cc1cccc(CC(CNC(=O)CCc2ccnn2C)C(=O)O)c1. The van der Waals surface area contributed by atoms with Crippen LogP contribution in [-0.2, 0) is 29.5 Å². The second-order valence-corrected chi connectivity index (χ2v) is 5.98. The Bertz CT molecular complexity index is 709. The molecule has 6 nitrogen and oxygen atoms in total. The quantitative estimate of drug-likeness (QED) is 0.772. The van der Waals surface area contributed by atoms with Crippen LogP contribution in [-0.4, -0.2) is 33.3 Å². The molecule has 2 N–H and O–H groups in total. The van der Waals surface area contributed by atoms with E-state index in [2.05, 4.69) is 10.4 Å². The zero-order valence-corrected chi connectivity index (χ0v) is 14.0. The molecular formula is C18H23N3O3. The third-order valence-corrected chi connectivity index (χ3v) is 3.99. The Morgan fingerprint density at radius 1 is 1.33 bits per heavy atom. The summed E-state index contributed by atoms with van der Waals surface area (Å²) in [4.78, 5) is 23.4. The second-order valence-electron chi connectivity index (χ2n) is 5.98. The van der Waals surface area contributed by atoms with Crippen LogP contribution in [0.25, 0.3) is 0 Å². The number of carboxylic acids is 1. The van der Waals surface area contributed by atoms with Crippen molar-refractivity contribution in [2.45, 2.75) is 26.2 Å². The first kappa shape index (κ1) is 17.7. The van der Waals surface area contributed by atoms with Gasteiger partial charge in [-0.1, -0.05) is 29.8 Å². The summed E-state index contributed by atoms with van der Waals surface area (Å²) in [6.07, 6.45) is 2.99. The van der Waals surface area contributed by atoms with E-state index < -0.39 is 11.9 Å². The van der Waals surface area contributed by atoms with Gasteiger partial charge in [0.25, 0.3) is 0 Å². The highest BCUT2D eigenvalue weighted by Crippen LogP contribution is 2.11. The first-order valence-corrected chi connectivity index (χ1v) is 7.97. The molecule has 0 bridgehead atoms. The van der Waals surface area contributed by atoms with Gasteiger partial charge in [0.15, 0.2) is 0 Å². The molecule has 0 aliphatic carbocycles. The molecule has 1 aromatic carbocycles. The Morgan fingerprint density at radius 2 is 2.12 bits per heavy atom. The van der Waals surface area contributed by atoms with Gasteiger partial charge in [0, 0.05) is 31.9 Å². The fraction of sp³-hybridized carbons (Fsp3) is 0.389. The summed E-state index contributed by atoms with van der Waals surface area (Å²) < 4.78 is 1.73. The molecule has 6 heteroatoms. The Morgan fingerprint density at radius 3 is 2.75 bits per heavy atom. The van der Waals surface area contributed by atoms with Crippen LogP contribution in [0.2, 0.25) is 0 Å². The standard InChI is InChI=1S/C18H23N3O3/c1-13-4-3-5-14(10-13)11-15(18(23)24)12-19-17(22)7-6-16-8-9-20-21(16)2/h3-5,8-10,15H,6-7,11-12H2,1-2H3,(H,19,22)(H,23,24). The molecule has 0 radical (unpaired) electrons. The molecule has 2 rings (SSSR count). The molecule has 1 atom stereocenters. The number of amides is 1. The predicted octanol–water partition coefficient (Wildman–Crippen LogP) is 1.72. The zero-order valence-electron chi connectivity index (χ0n) is 14.0. The van der Waals surface area contributed by atoms with Crippen molar-refractivity contribution in [2.75, 3.05) is 6.54 Å². The minimum Gasteiger partial charge on any atom is -0.481 e. The molecule has 1 amide bonds. The first-order valence-electron chi connectivity index (χ1n) is 7.97. The Kier molecular flexibility index (Phi) is 6.12. The summed E-state index contributed by atoms with van der Waals surface area (Å²) in [5, 5.41) is 16.2. The summed E-state index contributed by atoms with van der Waals surface area (Å²) >= 11 is 0. The molecular weight excluding hydrogens is 306 g/mol. The van der Waals surface area contributed by atoms with Crippen molar-refractivity contribution in [3.63, 3.8) is 0 Å². The molecule has 0 saturated carbocycles. The summed E-state index contributed by atoms with van der Waals surface area (Å²) in [6.45, 7) is 2.10. The number of nitrogens with one attached hydrogen (secondary N) is 1. The molecule has 0 saturated heterocycles. The summed E-state index contributed by atoms with van der Waals surface area (Å²) in [7, 11) is 1.83.